The molecule has 0 bridgehead atoms. The number of rotatable bonds is 3. The van der Waals surface area contributed by atoms with E-state index in [-0.39, 0.29) is 12.1 Å². The lowest BCUT2D eigenvalue weighted by Gasteiger charge is -2.07. The van der Waals surface area contributed by atoms with Crippen molar-refractivity contribution in [3.8, 4) is 0 Å². The SMILES string of the molecule is Fc1cccc(CNc2ncncc2Cl)c1F. The molecule has 1 aromatic heterocycles. The van der Waals surface area contributed by atoms with Crippen molar-refractivity contribution < 1.29 is 8.78 Å². The van der Waals surface area contributed by atoms with Crippen LogP contribution in [0, 0.1) is 11.6 Å². The first-order valence-corrected chi connectivity index (χ1v) is 5.18. The summed E-state index contributed by atoms with van der Waals surface area (Å²) in [6.07, 6.45) is 2.73. The maximum atomic E-state index is 13.3. The molecule has 0 aliphatic carbocycles. The van der Waals surface area contributed by atoms with Crippen molar-refractivity contribution in [2.45, 2.75) is 6.54 Å². The molecule has 17 heavy (non-hydrogen) atoms. The van der Waals surface area contributed by atoms with E-state index < -0.39 is 11.6 Å². The first-order valence-electron chi connectivity index (χ1n) is 4.80. The molecule has 6 heteroatoms. The van der Waals surface area contributed by atoms with Gasteiger partial charge >= 0.3 is 0 Å². The second kappa shape index (κ2) is 5.05. The minimum atomic E-state index is -0.877. The molecular weight excluding hydrogens is 248 g/mol. The van der Waals surface area contributed by atoms with Gasteiger partial charge in [0.2, 0.25) is 0 Å². The van der Waals surface area contributed by atoms with Gasteiger partial charge in [0.15, 0.2) is 11.6 Å². The molecule has 0 unspecified atom stereocenters. The summed E-state index contributed by atoms with van der Waals surface area (Å²) in [4.78, 5) is 7.59. The van der Waals surface area contributed by atoms with Crippen molar-refractivity contribution in [2.75, 3.05) is 5.32 Å². The lowest BCUT2D eigenvalue weighted by atomic mass is 10.2. The highest BCUT2D eigenvalue weighted by Gasteiger charge is 2.08. The molecular formula is C11H8ClF2N3. The summed E-state index contributed by atoms with van der Waals surface area (Å²) in [6, 6.07) is 3.99. The molecule has 3 nitrogen and oxygen atoms in total. The predicted molar refractivity (Wildman–Crippen MR) is 60.7 cm³/mol. The molecule has 0 amide bonds. The van der Waals surface area contributed by atoms with Gasteiger partial charge in [-0.05, 0) is 6.07 Å². The molecule has 0 saturated heterocycles. The molecule has 2 aromatic rings. The van der Waals surface area contributed by atoms with Gasteiger partial charge in [-0.1, -0.05) is 23.7 Å². The van der Waals surface area contributed by atoms with Crippen molar-refractivity contribution in [2.24, 2.45) is 0 Å². The van der Waals surface area contributed by atoms with Gasteiger partial charge in [0.1, 0.15) is 17.2 Å². The Bertz CT molecular complexity index is 534. The fourth-order valence-electron chi connectivity index (χ4n) is 1.31. The molecule has 2 rings (SSSR count). The topological polar surface area (TPSA) is 37.8 Å². The predicted octanol–water partition coefficient (Wildman–Crippen LogP) is 3.02. The first kappa shape index (κ1) is 11.7. The van der Waals surface area contributed by atoms with Gasteiger partial charge in [-0.15, -0.1) is 0 Å². The van der Waals surface area contributed by atoms with Crippen LogP contribution < -0.4 is 5.32 Å². The summed E-state index contributed by atoms with van der Waals surface area (Å²) < 4.78 is 26.3. The summed E-state index contributed by atoms with van der Waals surface area (Å²) in [6.45, 7) is 0.0975. The maximum Gasteiger partial charge on any atom is 0.163 e. The highest BCUT2D eigenvalue weighted by molar-refractivity contribution is 6.32. The Morgan fingerprint density at radius 3 is 2.88 bits per heavy atom. The Morgan fingerprint density at radius 1 is 1.29 bits per heavy atom. The van der Waals surface area contributed by atoms with E-state index >= 15 is 0 Å². The Balaban J connectivity index is 2.13. The number of anilines is 1. The van der Waals surface area contributed by atoms with Gasteiger partial charge in [0, 0.05) is 12.1 Å². The smallest absolute Gasteiger partial charge is 0.163 e. The number of hydrogen-bond donors (Lipinski definition) is 1. The summed E-state index contributed by atoms with van der Waals surface area (Å²) in [5.74, 6) is -1.37. The Hall–Kier alpha value is -1.75. The van der Waals surface area contributed by atoms with Gasteiger partial charge in [-0.2, -0.15) is 0 Å². The van der Waals surface area contributed by atoms with E-state index in [4.69, 9.17) is 11.6 Å². The lowest BCUT2D eigenvalue weighted by Crippen LogP contribution is -2.05. The third-order valence-electron chi connectivity index (χ3n) is 2.15. The van der Waals surface area contributed by atoms with Crippen molar-refractivity contribution in [3.05, 3.63) is 52.9 Å². The third-order valence-corrected chi connectivity index (χ3v) is 2.42. The second-order valence-electron chi connectivity index (χ2n) is 3.29. The van der Waals surface area contributed by atoms with Crippen LogP contribution in [0.4, 0.5) is 14.6 Å². The van der Waals surface area contributed by atoms with Crippen LogP contribution in [-0.2, 0) is 6.54 Å². The monoisotopic (exact) mass is 255 g/mol. The van der Waals surface area contributed by atoms with Crippen molar-refractivity contribution in [1.29, 1.82) is 0 Å². The standard InChI is InChI=1S/C11H8ClF2N3/c12-8-5-15-6-17-11(8)16-4-7-2-1-3-9(13)10(7)14/h1-3,5-6H,4H2,(H,15,16,17). The Kier molecular flexibility index (Phi) is 3.49. The summed E-state index contributed by atoms with van der Waals surface area (Å²) in [5.41, 5.74) is 0.208. The Labute approximate surface area is 101 Å². The zero-order valence-corrected chi connectivity index (χ0v) is 9.38. The number of hydrogen-bond acceptors (Lipinski definition) is 3. The summed E-state index contributed by atoms with van der Waals surface area (Å²) >= 11 is 5.81. The quantitative estimate of drug-likeness (QED) is 0.916. The summed E-state index contributed by atoms with van der Waals surface area (Å²) in [5, 5.41) is 3.13. The zero-order valence-electron chi connectivity index (χ0n) is 8.62. The largest absolute Gasteiger partial charge is 0.365 e. The molecule has 0 aliphatic heterocycles. The first-order chi connectivity index (χ1) is 8.18. The molecule has 88 valence electrons. The Morgan fingerprint density at radius 2 is 2.12 bits per heavy atom. The number of aromatic nitrogens is 2. The molecule has 0 fully saturated rings. The molecule has 1 N–H and O–H groups in total. The van der Waals surface area contributed by atoms with Crippen LogP contribution >= 0.6 is 11.6 Å². The van der Waals surface area contributed by atoms with Gasteiger partial charge in [-0.25, -0.2) is 18.7 Å². The average Bonchev–Trinajstić information content (AvgIpc) is 2.33. The number of halogens is 3. The number of nitrogens with zero attached hydrogens (tertiary/aromatic N) is 2. The van der Waals surface area contributed by atoms with Crippen LogP contribution in [0.1, 0.15) is 5.56 Å². The van der Waals surface area contributed by atoms with Crippen LogP contribution in [0.3, 0.4) is 0 Å². The minimum Gasteiger partial charge on any atom is -0.365 e. The van der Waals surface area contributed by atoms with Crippen LogP contribution in [0.5, 0.6) is 0 Å². The van der Waals surface area contributed by atoms with Crippen molar-refractivity contribution in [3.63, 3.8) is 0 Å². The fourth-order valence-corrected chi connectivity index (χ4v) is 1.48. The highest BCUT2D eigenvalue weighted by Crippen LogP contribution is 2.18. The molecule has 0 atom stereocenters. The molecule has 1 heterocycles. The van der Waals surface area contributed by atoms with Gasteiger partial charge in [-0.3, -0.25) is 0 Å². The van der Waals surface area contributed by atoms with Gasteiger partial charge < -0.3 is 5.32 Å². The summed E-state index contributed by atoms with van der Waals surface area (Å²) in [7, 11) is 0. The average molecular weight is 256 g/mol. The van der Waals surface area contributed by atoms with Crippen molar-refractivity contribution >= 4 is 17.4 Å². The van der Waals surface area contributed by atoms with E-state index in [2.05, 4.69) is 15.3 Å². The van der Waals surface area contributed by atoms with Crippen LogP contribution in [0.15, 0.2) is 30.7 Å². The number of nitrogens with one attached hydrogen (secondary N) is 1. The van der Waals surface area contributed by atoms with E-state index in [1.54, 1.807) is 0 Å². The second-order valence-corrected chi connectivity index (χ2v) is 3.69. The maximum absolute atomic E-state index is 13.3. The van der Waals surface area contributed by atoms with E-state index in [9.17, 15) is 8.78 Å². The normalized spacial score (nSPS) is 10.3. The van der Waals surface area contributed by atoms with Gasteiger partial charge in [0.05, 0.1) is 6.20 Å². The fraction of sp³-hybridized carbons (Fsp3) is 0.0909. The van der Waals surface area contributed by atoms with E-state index in [0.29, 0.717) is 10.8 Å². The van der Waals surface area contributed by atoms with Crippen LogP contribution in [0.25, 0.3) is 0 Å². The van der Waals surface area contributed by atoms with Crippen LogP contribution in [0.2, 0.25) is 5.02 Å². The van der Waals surface area contributed by atoms with Crippen LogP contribution in [-0.4, -0.2) is 9.97 Å². The minimum absolute atomic E-state index is 0.0975. The van der Waals surface area contributed by atoms with Gasteiger partial charge in [0.25, 0.3) is 0 Å². The van der Waals surface area contributed by atoms with E-state index in [1.165, 1.54) is 24.7 Å². The third kappa shape index (κ3) is 2.68. The molecule has 0 saturated carbocycles. The lowest BCUT2D eigenvalue weighted by molar-refractivity contribution is 0.500. The van der Waals surface area contributed by atoms with Crippen molar-refractivity contribution in [1.82, 2.24) is 9.97 Å². The van der Waals surface area contributed by atoms with E-state index in [0.717, 1.165) is 6.07 Å². The number of benzene rings is 1. The highest BCUT2D eigenvalue weighted by atomic mass is 35.5. The molecule has 0 spiro atoms. The molecule has 1 aromatic carbocycles. The molecule has 0 radical (unpaired) electrons. The zero-order chi connectivity index (χ0) is 12.3. The molecule has 0 aliphatic rings. The van der Waals surface area contributed by atoms with E-state index in [1.807, 2.05) is 0 Å².